The highest BCUT2D eigenvalue weighted by Crippen LogP contribution is 2.40. The number of Topliss-reactive ketones (excluding diaryl/α,β-unsaturated/α-hetero) is 1. The highest BCUT2D eigenvalue weighted by Gasteiger charge is 2.38. The molecule has 1 saturated carbocycles. The van der Waals surface area contributed by atoms with Crippen LogP contribution in [0.3, 0.4) is 0 Å². The standard InChI is InChI=1S/C30H47N3O10S/c1-2-3-6-9-19(34)12-13-20-21(10-7-4-5-8-11-27(37)38)25(16-24(20)35)44-18-23(29(41)32-17-28(39)40)33-26(36)15-14-22(31)30(42)43/h4,7,13,19,21-23,25,34H,2-3,5-6,8-12,14-18,31H2,1H3,(H,32,41)(H,33,36)(H,37,38)(H,39,40)(H,42,43)/b7-4-,20-13+/t19-,21-,22+,23-,25?/m0/s1. The van der Waals surface area contributed by atoms with Crippen molar-refractivity contribution in [3.8, 4) is 0 Å². The van der Waals surface area contributed by atoms with Crippen molar-refractivity contribution >= 4 is 47.3 Å². The molecule has 0 aliphatic heterocycles. The second-order valence-electron chi connectivity index (χ2n) is 10.9. The lowest BCUT2D eigenvalue weighted by Crippen LogP contribution is -2.49. The number of carboxylic acid groups (broad SMARTS) is 3. The van der Waals surface area contributed by atoms with Gasteiger partial charge < -0.3 is 36.8 Å². The van der Waals surface area contributed by atoms with Gasteiger partial charge in [-0.3, -0.25) is 28.8 Å². The number of aliphatic hydroxyl groups excluding tert-OH is 1. The summed E-state index contributed by atoms with van der Waals surface area (Å²) >= 11 is 1.29. The van der Waals surface area contributed by atoms with Gasteiger partial charge >= 0.3 is 17.9 Å². The third-order valence-electron chi connectivity index (χ3n) is 7.17. The minimum absolute atomic E-state index is 0.0197. The molecule has 1 fully saturated rings. The summed E-state index contributed by atoms with van der Waals surface area (Å²) in [6.45, 7) is 1.41. The Balaban J connectivity index is 3.04. The third-order valence-corrected chi connectivity index (χ3v) is 8.62. The van der Waals surface area contributed by atoms with Crippen LogP contribution in [0, 0.1) is 5.92 Å². The summed E-state index contributed by atoms with van der Waals surface area (Å²) in [5.74, 6) is -5.09. The molecule has 0 saturated heterocycles. The number of nitrogens with two attached hydrogens (primary N) is 1. The van der Waals surface area contributed by atoms with Crippen molar-refractivity contribution in [3.63, 3.8) is 0 Å². The van der Waals surface area contributed by atoms with E-state index in [2.05, 4.69) is 17.6 Å². The number of allylic oxidation sites excluding steroid dienone is 3. The molecule has 1 unspecified atom stereocenters. The lowest BCUT2D eigenvalue weighted by molar-refractivity contribution is -0.139. The predicted molar refractivity (Wildman–Crippen MR) is 165 cm³/mol. The zero-order chi connectivity index (χ0) is 33.1. The fourth-order valence-corrected chi connectivity index (χ4v) is 6.11. The van der Waals surface area contributed by atoms with Crippen LogP contribution in [-0.4, -0.2) is 91.7 Å². The van der Waals surface area contributed by atoms with E-state index in [1.165, 1.54) is 11.8 Å². The Hall–Kier alpha value is -3.23. The number of hydrogen-bond acceptors (Lipinski definition) is 9. The number of thioether (sulfide) groups is 1. The quantitative estimate of drug-likeness (QED) is 0.0482. The summed E-state index contributed by atoms with van der Waals surface area (Å²) in [7, 11) is 0. The second kappa shape index (κ2) is 21.5. The second-order valence-corrected chi connectivity index (χ2v) is 12.1. The molecule has 1 rings (SSSR count). The van der Waals surface area contributed by atoms with Crippen LogP contribution >= 0.6 is 11.8 Å². The number of unbranched alkanes of at least 4 members (excludes halogenated alkanes) is 3. The summed E-state index contributed by atoms with van der Waals surface area (Å²) in [6.07, 6.45) is 10.2. The number of carbonyl (C=O) groups is 6. The number of carboxylic acids is 3. The van der Waals surface area contributed by atoms with Crippen LogP contribution in [-0.2, 0) is 28.8 Å². The van der Waals surface area contributed by atoms with Crippen LogP contribution in [0.5, 0.6) is 0 Å². The van der Waals surface area contributed by atoms with Gasteiger partial charge in [0.25, 0.3) is 0 Å². The van der Waals surface area contributed by atoms with Crippen molar-refractivity contribution in [2.24, 2.45) is 11.7 Å². The third kappa shape index (κ3) is 16.0. The Labute approximate surface area is 262 Å². The molecule has 0 radical (unpaired) electrons. The van der Waals surface area contributed by atoms with Crippen LogP contribution in [0.4, 0.5) is 0 Å². The average Bonchev–Trinajstić information content (AvgIpc) is 3.26. The predicted octanol–water partition coefficient (Wildman–Crippen LogP) is 2.01. The zero-order valence-electron chi connectivity index (χ0n) is 25.2. The first-order valence-electron chi connectivity index (χ1n) is 15.0. The normalized spacial score (nSPS) is 19.5. The Morgan fingerprint density at radius 1 is 1.02 bits per heavy atom. The molecule has 0 spiro atoms. The number of carbonyl (C=O) groups excluding carboxylic acids is 3. The molecular weight excluding hydrogens is 594 g/mol. The number of hydrogen-bond donors (Lipinski definition) is 7. The average molecular weight is 642 g/mol. The minimum atomic E-state index is -1.27. The molecule has 44 heavy (non-hydrogen) atoms. The van der Waals surface area contributed by atoms with Crippen molar-refractivity contribution < 1.29 is 49.2 Å². The van der Waals surface area contributed by atoms with E-state index in [1.54, 1.807) is 6.08 Å². The molecule has 0 aromatic carbocycles. The van der Waals surface area contributed by atoms with Gasteiger partial charge in [0.15, 0.2) is 5.78 Å². The van der Waals surface area contributed by atoms with Crippen LogP contribution in [0.2, 0.25) is 0 Å². The van der Waals surface area contributed by atoms with Gasteiger partial charge in [-0.1, -0.05) is 44.4 Å². The Morgan fingerprint density at radius 2 is 1.75 bits per heavy atom. The summed E-state index contributed by atoms with van der Waals surface area (Å²) in [5.41, 5.74) is 6.05. The Morgan fingerprint density at radius 3 is 2.39 bits per heavy atom. The molecule has 0 aromatic rings. The van der Waals surface area contributed by atoms with Crippen molar-refractivity contribution in [1.29, 1.82) is 0 Å². The van der Waals surface area contributed by atoms with Crippen molar-refractivity contribution in [2.75, 3.05) is 12.3 Å². The van der Waals surface area contributed by atoms with Crippen LogP contribution in [0.25, 0.3) is 0 Å². The van der Waals surface area contributed by atoms with Gasteiger partial charge in [-0.2, -0.15) is 11.8 Å². The number of nitrogens with one attached hydrogen (secondary N) is 2. The molecule has 13 nitrogen and oxygen atoms in total. The molecule has 0 bridgehead atoms. The maximum Gasteiger partial charge on any atom is 0.322 e. The first kappa shape index (κ1) is 38.8. The van der Waals surface area contributed by atoms with Gasteiger partial charge in [-0.05, 0) is 44.1 Å². The number of amides is 2. The van der Waals surface area contributed by atoms with E-state index < -0.39 is 54.5 Å². The van der Waals surface area contributed by atoms with E-state index in [1.807, 2.05) is 12.2 Å². The molecule has 1 aliphatic rings. The van der Waals surface area contributed by atoms with Gasteiger partial charge in [-0.25, -0.2) is 0 Å². The molecule has 248 valence electrons. The first-order valence-corrected chi connectivity index (χ1v) is 16.1. The van der Waals surface area contributed by atoms with Crippen LogP contribution in [0.1, 0.15) is 84.0 Å². The van der Waals surface area contributed by atoms with Gasteiger partial charge in [0.1, 0.15) is 18.6 Å². The van der Waals surface area contributed by atoms with Crippen molar-refractivity contribution in [3.05, 3.63) is 23.8 Å². The van der Waals surface area contributed by atoms with Crippen LogP contribution in [0.15, 0.2) is 23.8 Å². The molecule has 14 heteroatoms. The first-order chi connectivity index (χ1) is 20.8. The maximum atomic E-state index is 13.1. The summed E-state index contributed by atoms with van der Waals surface area (Å²) < 4.78 is 0. The molecule has 2 amide bonds. The summed E-state index contributed by atoms with van der Waals surface area (Å²) in [4.78, 5) is 71.1. The van der Waals surface area contributed by atoms with E-state index in [9.17, 15) is 33.9 Å². The zero-order valence-corrected chi connectivity index (χ0v) is 26.1. The number of ketones is 1. The van der Waals surface area contributed by atoms with Gasteiger partial charge in [0.05, 0.1) is 6.10 Å². The molecule has 5 atom stereocenters. The lowest BCUT2D eigenvalue weighted by atomic mass is 9.95. The molecular formula is C30H47N3O10S. The highest BCUT2D eigenvalue weighted by atomic mass is 32.2. The number of aliphatic carboxylic acids is 3. The van der Waals surface area contributed by atoms with E-state index in [4.69, 9.17) is 21.1 Å². The number of rotatable bonds is 23. The number of aliphatic hydroxyl groups is 1. The fourth-order valence-electron chi connectivity index (χ4n) is 4.68. The maximum absolute atomic E-state index is 13.1. The monoisotopic (exact) mass is 641 g/mol. The van der Waals surface area contributed by atoms with Gasteiger partial charge in [-0.15, -0.1) is 0 Å². The van der Waals surface area contributed by atoms with Gasteiger partial charge in [0, 0.05) is 36.2 Å². The largest absolute Gasteiger partial charge is 0.481 e. The van der Waals surface area contributed by atoms with E-state index in [0.717, 1.165) is 19.3 Å². The van der Waals surface area contributed by atoms with Crippen molar-refractivity contribution in [1.82, 2.24) is 10.6 Å². The lowest BCUT2D eigenvalue weighted by Gasteiger charge is -2.23. The molecule has 8 N–H and O–H groups in total. The molecule has 1 aliphatic carbocycles. The molecule has 0 heterocycles. The smallest absolute Gasteiger partial charge is 0.322 e. The van der Waals surface area contributed by atoms with E-state index >= 15 is 0 Å². The Kier molecular flexibility index (Phi) is 18.9. The van der Waals surface area contributed by atoms with Gasteiger partial charge in [0.2, 0.25) is 11.8 Å². The highest BCUT2D eigenvalue weighted by molar-refractivity contribution is 8.00. The summed E-state index contributed by atoms with van der Waals surface area (Å²) in [6, 6.07) is -2.41. The topological polar surface area (TPSA) is 233 Å². The SMILES string of the molecule is CCCCC[C@H](O)C/C=C1/C(=O)CC(SC[C@H](NC(=O)CC[C@@H](N)C(=O)O)C(=O)NCC(=O)O)[C@H]1C/C=C\CCCC(=O)O. The minimum Gasteiger partial charge on any atom is -0.481 e. The van der Waals surface area contributed by atoms with E-state index in [-0.39, 0.29) is 48.4 Å². The van der Waals surface area contributed by atoms with Crippen LogP contribution < -0.4 is 16.4 Å². The van der Waals surface area contributed by atoms with E-state index in [0.29, 0.717) is 37.7 Å². The summed E-state index contributed by atoms with van der Waals surface area (Å²) in [5, 5.41) is 41.7. The van der Waals surface area contributed by atoms with Crippen molar-refractivity contribution in [2.45, 2.75) is 107 Å². The Bertz CT molecular complexity index is 1050. The fraction of sp³-hybridized carbons (Fsp3) is 0.667. The molecule has 0 aromatic heterocycles.